The Hall–Kier alpha value is -0.420. The minimum absolute atomic E-state index is 0.146. The van der Waals surface area contributed by atoms with Crippen molar-refractivity contribution >= 4 is 17.9 Å². The number of carbonyl (C=O) groups is 1. The Labute approximate surface area is 63.6 Å². The third kappa shape index (κ3) is 4.46. The van der Waals surface area contributed by atoms with Crippen LogP contribution < -0.4 is 5.32 Å². The standard InChI is InChI=1S/C5H11NO3S/c1-10-3-4(2-7)6-5(8)9/h4,6-7H,2-3H2,1H3,(H,8,9). The molecule has 1 amide bonds. The molecule has 0 fully saturated rings. The van der Waals surface area contributed by atoms with E-state index in [1.54, 1.807) is 0 Å². The van der Waals surface area contributed by atoms with Crippen LogP contribution in [-0.2, 0) is 0 Å². The van der Waals surface area contributed by atoms with Gasteiger partial charge >= 0.3 is 6.09 Å². The van der Waals surface area contributed by atoms with Crippen LogP contribution in [0, 0.1) is 0 Å². The first-order chi connectivity index (χ1) is 4.70. The summed E-state index contributed by atoms with van der Waals surface area (Å²) in [6.45, 7) is -0.146. The van der Waals surface area contributed by atoms with Gasteiger partial charge in [0, 0.05) is 5.75 Å². The van der Waals surface area contributed by atoms with E-state index < -0.39 is 6.09 Å². The Morgan fingerprint density at radius 1 is 1.80 bits per heavy atom. The molecule has 0 aromatic heterocycles. The lowest BCUT2D eigenvalue weighted by Gasteiger charge is -2.11. The van der Waals surface area contributed by atoms with Crippen molar-refractivity contribution in [1.82, 2.24) is 5.32 Å². The van der Waals surface area contributed by atoms with Crippen LogP contribution in [0.2, 0.25) is 0 Å². The van der Waals surface area contributed by atoms with Gasteiger partial charge in [0.05, 0.1) is 12.6 Å². The van der Waals surface area contributed by atoms with Gasteiger partial charge in [-0.05, 0) is 6.26 Å². The Bertz CT molecular complexity index is 109. The molecule has 0 rings (SSSR count). The van der Waals surface area contributed by atoms with E-state index >= 15 is 0 Å². The first-order valence-corrected chi connectivity index (χ1v) is 4.19. The summed E-state index contributed by atoms with van der Waals surface area (Å²) in [5, 5.41) is 19.0. The molecule has 5 heteroatoms. The van der Waals surface area contributed by atoms with E-state index in [0.29, 0.717) is 5.75 Å². The second-order valence-electron chi connectivity index (χ2n) is 1.78. The molecular weight excluding hydrogens is 154 g/mol. The number of thioether (sulfide) groups is 1. The van der Waals surface area contributed by atoms with E-state index in [-0.39, 0.29) is 12.6 Å². The zero-order valence-corrected chi connectivity index (χ0v) is 6.52. The fourth-order valence-electron chi connectivity index (χ4n) is 0.516. The predicted octanol–water partition coefficient (Wildman–Crippen LogP) is -0.0221. The lowest BCUT2D eigenvalue weighted by atomic mass is 10.4. The molecule has 0 bridgehead atoms. The summed E-state index contributed by atoms with van der Waals surface area (Å²) in [5.41, 5.74) is 0. The molecule has 0 spiro atoms. The molecule has 0 aliphatic rings. The molecule has 0 heterocycles. The number of aliphatic hydroxyl groups excluding tert-OH is 1. The highest BCUT2D eigenvalue weighted by Gasteiger charge is 2.07. The highest BCUT2D eigenvalue weighted by Crippen LogP contribution is 1.95. The molecular formula is C5H11NO3S. The van der Waals surface area contributed by atoms with Gasteiger partial charge < -0.3 is 15.5 Å². The SMILES string of the molecule is CSCC(CO)NC(=O)O. The van der Waals surface area contributed by atoms with Crippen molar-refractivity contribution in [2.45, 2.75) is 6.04 Å². The highest BCUT2D eigenvalue weighted by atomic mass is 32.2. The lowest BCUT2D eigenvalue weighted by molar-refractivity contribution is 0.181. The lowest BCUT2D eigenvalue weighted by Crippen LogP contribution is -2.38. The van der Waals surface area contributed by atoms with Gasteiger partial charge in [0.15, 0.2) is 0 Å². The van der Waals surface area contributed by atoms with Crippen LogP contribution in [0.5, 0.6) is 0 Å². The van der Waals surface area contributed by atoms with Gasteiger partial charge in [-0.2, -0.15) is 11.8 Å². The molecule has 60 valence electrons. The topological polar surface area (TPSA) is 69.6 Å². The summed E-state index contributed by atoms with van der Waals surface area (Å²) in [6, 6.07) is -0.340. The zero-order valence-electron chi connectivity index (χ0n) is 5.70. The van der Waals surface area contributed by atoms with Crippen LogP contribution in [0.1, 0.15) is 0 Å². The summed E-state index contributed by atoms with van der Waals surface area (Å²) < 4.78 is 0. The van der Waals surface area contributed by atoms with Crippen LogP contribution >= 0.6 is 11.8 Å². The van der Waals surface area contributed by atoms with Gasteiger partial charge in [0.25, 0.3) is 0 Å². The third-order valence-electron chi connectivity index (χ3n) is 0.916. The van der Waals surface area contributed by atoms with Crippen molar-refractivity contribution in [2.24, 2.45) is 0 Å². The Kier molecular flexibility index (Phi) is 5.15. The van der Waals surface area contributed by atoms with Crippen LogP contribution in [0.3, 0.4) is 0 Å². The molecule has 0 aliphatic heterocycles. The van der Waals surface area contributed by atoms with Crippen molar-refractivity contribution in [1.29, 1.82) is 0 Å². The van der Waals surface area contributed by atoms with Gasteiger partial charge in [0.1, 0.15) is 0 Å². The molecule has 0 radical (unpaired) electrons. The van der Waals surface area contributed by atoms with E-state index in [0.717, 1.165) is 0 Å². The van der Waals surface area contributed by atoms with Crippen molar-refractivity contribution in [3.63, 3.8) is 0 Å². The summed E-state index contributed by atoms with van der Waals surface area (Å²) in [6.07, 6.45) is 0.764. The maximum Gasteiger partial charge on any atom is 0.404 e. The normalized spacial score (nSPS) is 12.6. The molecule has 1 unspecified atom stereocenters. The molecule has 0 aromatic carbocycles. The number of aliphatic hydroxyl groups is 1. The van der Waals surface area contributed by atoms with Gasteiger partial charge in [-0.25, -0.2) is 4.79 Å². The quantitative estimate of drug-likeness (QED) is 0.547. The van der Waals surface area contributed by atoms with Gasteiger partial charge in [-0.15, -0.1) is 0 Å². The molecule has 3 N–H and O–H groups in total. The van der Waals surface area contributed by atoms with E-state index in [2.05, 4.69) is 5.32 Å². The Morgan fingerprint density at radius 3 is 2.70 bits per heavy atom. The Balaban J connectivity index is 3.49. The first kappa shape index (κ1) is 9.58. The van der Waals surface area contributed by atoms with Crippen molar-refractivity contribution in [2.75, 3.05) is 18.6 Å². The maximum absolute atomic E-state index is 10.0. The number of rotatable bonds is 4. The monoisotopic (exact) mass is 165 g/mol. The second-order valence-corrected chi connectivity index (χ2v) is 2.70. The van der Waals surface area contributed by atoms with Gasteiger partial charge in [-0.3, -0.25) is 0 Å². The molecule has 4 nitrogen and oxygen atoms in total. The number of amides is 1. The van der Waals surface area contributed by atoms with Crippen LogP contribution in [0.25, 0.3) is 0 Å². The van der Waals surface area contributed by atoms with Crippen LogP contribution in [0.15, 0.2) is 0 Å². The van der Waals surface area contributed by atoms with E-state index in [9.17, 15) is 4.79 Å². The molecule has 0 aromatic rings. The number of hydrogen-bond donors (Lipinski definition) is 3. The largest absolute Gasteiger partial charge is 0.465 e. The maximum atomic E-state index is 10.0. The van der Waals surface area contributed by atoms with E-state index in [1.807, 2.05) is 6.26 Å². The molecule has 0 saturated heterocycles. The number of hydrogen-bond acceptors (Lipinski definition) is 3. The van der Waals surface area contributed by atoms with E-state index in [4.69, 9.17) is 10.2 Å². The van der Waals surface area contributed by atoms with Crippen LogP contribution in [0.4, 0.5) is 4.79 Å². The van der Waals surface area contributed by atoms with Crippen molar-refractivity contribution in [3.8, 4) is 0 Å². The van der Waals surface area contributed by atoms with Gasteiger partial charge in [-0.1, -0.05) is 0 Å². The third-order valence-corrected chi connectivity index (χ3v) is 1.65. The number of nitrogens with one attached hydrogen (secondary N) is 1. The van der Waals surface area contributed by atoms with Crippen molar-refractivity contribution in [3.05, 3.63) is 0 Å². The number of carboxylic acid groups (broad SMARTS) is 1. The Morgan fingerprint density at radius 2 is 2.40 bits per heavy atom. The average Bonchev–Trinajstić information content (AvgIpc) is 1.86. The first-order valence-electron chi connectivity index (χ1n) is 2.80. The predicted molar refractivity (Wildman–Crippen MR) is 40.4 cm³/mol. The highest BCUT2D eigenvalue weighted by molar-refractivity contribution is 7.98. The summed E-state index contributed by atoms with van der Waals surface area (Å²) in [5.74, 6) is 0.600. The molecule has 10 heavy (non-hydrogen) atoms. The summed E-state index contributed by atoms with van der Waals surface area (Å²) in [7, 11) is 0. The fourth-order valence-corrected chi connectivity index (χ4v) is 1.11. The molecule has 1 atom stereocenters. The smallest absolute Gasteiger partial charge is 0.404 e. The van der Waals surface area contributed by atoms with Crippen LogP contribution in [-0.4, -0.2) is 41.0 Å². The van der Waals surface area contributed by atoms with Gasteiger partial charge in [0.2, 0.25) is 0 Å². The minimum atomic E-state index is -1.09. The average molecular weight is 165 g/mol. The minimum Gasteiger partial charge on any atom is -0.465 e. The summed E-state index contributed by atoms with van der Waals surface area (Å²) >= 11 is 1.49. The summed E-state index contributed by atoms with van der Waals surface area (Å²) in [4.78, 5) is 10.0. The molecule has 0 aliphatic carbocycles. The van der Waals surface area contributed by atoms with E-state index in [1.165, 1.54) is 11.8 Å². The second kappa shape index (κ2) is 5.37. The molecule has 0 saturated carbocycles. The zero-order chi connectivity index (χ0) is 7.98. The fraction of sp³-hybridized carbons (Fsp3) is 0.800. The van der Waals surface area contributed by atoms with Crippen molar-refractivity contribution < 1.29 is 15.0 Å².